The second-order valence-corrected chi connectivity index (χ2v) is 15.7. The van der Waals surface area contributed by atoms with Crippen LogP contribution in [-0.2, 0) is 24.0 Å². The van der Waals surface area contributed by atoms with Crippen LogP contribution in [0.1, 0.15) is 42.7 Å². The number of hydrogen-bond acceptors (Lipinski definition) is 14. The molecule has 3 aliphatic heterocycles. The number of amides is 3. The molecule has 2 aromatic rings. The standard InChI is InChI=1S/C30H33Cl2N7O10S2/c1-30(2,28(47)48)49-37-18(17-22(32)51-29(33)36-17)24(43)35-19-25(44)38-20(27(45)46)13(12-50-26(19)38)11-39(8-3-4-9-39)10-7-34-23(42)14-5-6-15(40)21(41)16(14)31/h5-6,19,26H,3-4,7-12H2,1-2H3,(H7-,33,34,35,36,37,40,41,42,43,45,46,47,48)/t19-,26-/m1/s1. The van der Waals surface area contributed by atoms with E-state index in [1.54, 1.807) is 0 Å². The molecule has 0 radical (unpaired) electrons. The molecule has 7 N–H and O–H groups in total. The number of carboxylic acids is 2. The average molecular weight is 787 g/mol. The lowest BCUT2D eigenvalue weighted by atomic mass is 10.0. The Bertz CT molecular complexity index is 1860. The number of β-lactam (4-membered cyclic amide) rings is 1. The molecule has 274 valence electrons. The maximum absolute atomic E-state index is 13.5. The van der Waals surface area contributed by atoms with Gasteiger partial charge in [0.15, 0.2) is 22.3 Å². The normalized spacial score (nSPS) is 20.0. The molecular weight excluding hydrogens is 753 g/mol. The van der Waals surface area contributed by atoms with E-state index in [4.69, 9.17) is 33.8 Å². The van der Waals surface area contributed by atoms with Crippen molar-refractivity contribution in [3.05, 3.63) is 44.0 Å². The van der Waals surface area contributed by atoms with E-state index >= 15 is 0 Å². The monoisotopic (exact) mass is 785 g/mol. The van der Waals surface area contributed by atoms with Gasteiger partial charge in [-0.05, 0) is 26.0 Å². The lowest BCUT2D eigenvalue weighted by Crippen LogP contribution is -2.72. The van der Waals surface area contributed by atoms with Gasteiger partial charge in [0.25, 0.3) is 17.7 Å². The highest BCUT2D eigenvalue weighted by Crippen LogP contribution is 2.41. The molecule has 21 heteroatoms. The predicted octanol–water partition coefficient (Wildman–Crippen LogP) is 0.472. The molecule has 51 heavy (non-hydrogen) atoms. The van der Waals surface area contributed by atoms with Gasteiger partial charge < -0.3 is 50.9 Å². The number of carbonyl (C=O) groups is 5. The van der Waals surface area contributed by atoms with Crippen molar-refractivity contribution in [1.29, 1.82) is 0 Å². The summed E-state index contributed by atoms with van der Waals surface area (Å²) in [5, 5.41) is 49.3. The number of nitrogens with zero attached hydrogens (tertiary/aromatic N) is 4. The Morgan fingerprint density at radius 2 is 1.90 bits per heavy atom. The fourth-order valence-corrected chi connectivity index (χ4v) is 8.47. The second-order valence-electron chi connectivity index (χ2n) is 12.6. The summed E-state index contributed by atoms with van der Waals surface area (Å²) in [7, 11) is 0. The first-order valence-electron chi connectivity index (χ1n) is 15.4. The number of nitrogen functional groups attached to an aromatic ring is 1. The van der Waals surface area contributed by atoms with Crippen LogP contribution < -0.4 is 21.5 Å². The van der Waals surface area contributed by atoms with Gasteiger partial charge in [-0.3, -0.25) is 19.3 Å². The lowest BCUT2D eigenvalue weighted by Gasteiger charge is -2.51. The number of likely N-dealkylation sites (tertiary alicyclic amines) is 1. The summed E-state index contributed by atoms with van der Waals surface area (Å²) >= 11 is 14.3. The van der Waals surface area contributed by atoms with Gasteiger partial charge in [-0.1, -0.05) is 39.7 Å². The minimum atomic E-state index is -1.85. The fourth-order valence-electron chi connectivity index (χ4n) is 5.96. The summed E-state index contributed by atoms with van der Waals surface area (Å²) in [6.45, 7) is 4.65. The maximum Gasteiger partial charge on any atom is 0.350 e. The zero-order valence-corrected chi connectivity index (χ0v) is 30.2. The number of fused-ring (bicyclic) bond motifs is 1. The third-order valence-electron chi connectivity index (χ3n) is 8.70. The first kappa shape index (κ1) is 37.9. The van der Waals surface area contributed by atoms with Crippen LogP contribution in [0, 0.1) is 0 Å². The van der Waals surface area contributed by atoms with Crippen molar-refractivity contribution >= 4 is 86.8 Å². The Hall–Kier alpha value is -4.30. The molecule has 0 unspecified atom stereocenters. The molecule has 1 aromatic carbocycles. The summed E-state index contributed by atoms with van der Waals surface area (Å²) in [5.41, 5.74) is 3.29. The lowest BCUT2D eigenvalue weighted by molar-refractivity contribution is -0.911. The summed E-state index contributed by atoms with van der Waals surface area (Å²) in [5.74, 6) is -6.08. The predicted molar refractivity (Wildman–Crippen MR) is 184 cm³/mol. The maximum atomic E-state index is 13.5. The highest BCUT2D eigenvalue weighted by Gasteiger charge is 2.54. The largest absolute Gasteiger partial charge is 0.543 e. The Labute approximate surface area is 308 Å². The van der Waals surface area contributed by atoms with E-state index in [1.807, 2.05) is 0 Å². The number of benzene rings is 1. The van der Waals surface area contributed by atoms with E-state index in [9.17, 15) is 44.4 Å². The molecule has 0 saturated carbocycles. The Morgan fingerprint density at radius 1 is 1.22 bits per heavy atom. The van der Waals surface area contributed by atoms with Crippen LogP contribution >= 0.6 is 46.3 Å². The number of aromatic nitrogens is 1. The molecule has 2 saturated heterocycles. The molecule has 2 fully saturated rings. The van der Waals surface area contributed by atoms with Crippen LogP contribution in [0.4, 0.5) is 5.13 Å². The van der Waals surface area contributed by atoms with E-state index < -0.39 is 63.9 Å². The Balaban J connectivity index is 1.31. The third-order valence-corrected chi connectivity index (χ3v) is 11.5. The molecule has 0 aliphatic carbocycles. The number of thiazole rings is 1. The van der Waals surface area contributed by atoms with E-state index in [0.29, 0.717) is 29.7 Å². The average Bonchev–Trinajstić information content (AvgIpc) is 3.66. The SMILES string of the molecule is CC(C)(O/N=C(\C(=O)N[C@@H]1C(=O)N2C(C(=O)[O-])=C(C[N+]3(CCNC(=O)c4ccc(O)c(O)c4Cl)CCCC3)CS[C@H]12)c1nc(N)sc1Cl)C(=O)O. The molecule has 4 heterocycles. The van der Waals surface area contributed by atoms with Crippen LogP contribution in [-0.4, -0.2) is 121 Å². The number of nitrogens with one attached hydrogen (secondary N) is 2. The van der Waals surface area contributed by atoms with Crippen molar-refractivity contribution in [1.82, 2.24) is 20.5 Å². The molecule has 1 aromatic heterocycles. The zero-order valence-electron chi connectivity index (χ0n) is 27.1. The van der Waals surface area contributed by atoms with Gasteiger partial charge in [0.05, 0.1) is 48.4 Å². The minimum Gasteiger partial charge on any atom is -0.543 e. The number of aromatic hydroxyl groups is 2. The van der Waals surface area contributed by atoms with Gasteiger partial charge >= 0.3 is 5.97 Å². The molecule has 2 atom stereocenters. The van der Waals surface area contributed by atoms with E-state index in [0.717, 1.165) is 35.1 Å². The van der Waals surface area contributed by atoms with Gasteiger partial charge in [-0.25, -0.2) is 9.78 Å². The third kappa shape index (κ3) is 7.67. The summed E-state index contributed by atoms with van der Waals surface area (Å²) in [6.07, 6.45) is 1.72. The van der Waals surface area contributed by atoms with Crippen LogP contribution in [0.15, 0.2) is 28.6 Å². The van der Waals surface area contributed by atoms with Crippen LogP contribution in [0.2, 0.25) is 9.36 Å². The molecule has 5 rings (SSSR count). The topological polar surface area (TPSA) is 257 Å². The van der Waals surface area contributed by atoms with Crippen LogP contribution in [0.5, 0.6) is 11.5 Å². The van der Waals surface area contributed by atoms with Crippen LogP contribution in [0.25, 0.3) is 0 Å². The highest BCUT2D eigenvalue weighted by molar-refractivity contribution is 8.00. The van der Waals surface area contributed by atoms with Crippen LogP contribution in [0.3, 0.4) is 0 Å². The summed E-state index contributed by atoms with van der Waals surface area (Å²) in [6, 6.07) is 1.24. The van der Waals surface area contributed by atoms with Gasteiger partial charge in [-0.2, -0.15) is 0 Å². The number of quaternary nitrogens is 1. The fraction of sp³-hybridized carbons (Fsp3) is 0.433. The number of aliphatic carboxylic acids is 2. The first-order chi connectivity index (χ1) is 24.0. The quantitative estimate of drug-likeness (QED) is 0.0532. The number of rotatable bonds is 13. The number of anilines is 1. The van der Waals surface area contributed by atoms with E-state index in [-0.39, 0.29) is 50.3 Å². The number of nitrogens with two attached hydrogens (primary N) is 1. The van der Waals surface area contributed by atoms with E-state index in [2.05, 4.69) is 20.8 Å². The van der Waals surface area contributed by atoms with E-state index in [1.165, 1.54) is 31.7 Å². The summed E-state index contributed by atoms with van der Waals surface area (Å²) in [4.78, 5) is 74.0. The number of oxime groups is 1. The smallest absolute Gasteiger partial charge is 0.350 e. The number of phenolic OH excluding ortho intramolecular Hbond substituents is 2. The molecule has 3 aliphatic rings. The van der Waals surface area contributed by atoms with Gasteiger partial charge in [0.2, 0.25) is 5.60 Å². The van der Waals surface area contributed by atoms with Gasteiger partial charge in [-0.15, -0.1) is 11.8 Å². The van der Waals surface area contributed by atoms with Gasteiger partial charge in [0.1, 0.15) is 28.0 Å². The van der Waals surface area contributed by atoms with Crippen molar-refractivity contribution in [2.75, 3.05) is 44.2 Å². The highest BCUT2D eigenvalue weighted by atomic mass is 35.5. The van der Waals surface area contributed by atoms with Crippen molar-refractivity contribution in [2.45, 2.75) is 43.7 Å². The van der Waals surface area contributed by atoms with Crippen molar-refractivity contribution < 1.29 is 53.7 Å². The number of thioether (sulfide) groups is 1. The number of hydrogen-bond donors (Lipinski definition) is 6. The molecule has 3 amide bonds. The minimum absolute atomic E-state index is 0.0131. The van der Waals surface area contributed by atoms with Crippen molar-refractivity contribution in [2.24, 2.45) is 5.16 Å². The first-order valence-corrected chi connectivity index (χ1v) is 18.0. The molecule has 0 spiro atoms. The molecule has 17 nitrogen and oxygen atoms in total. The van der Waals surface area contributed by atoms with Crippen molar-refractivity contribution in [3.63, 3.8) is 0 Å². The molecular formula is C30H33Cl2N7O10S2. The number of carbonyl (C=O) groups excluding carboxylic acids is 4. The summed E-state index contributed by atoms with van der Waals surface area (Å²) < 4.78 is 0.388. The molecule has 0 bridgehead atoms. The number of phenols is 2. The number of carboxylic acid groups (broad SMARTS) is 2. The second kappa shape index (κ2) is 14.7. The van der Waals surface area contributed by atoms with Gasteiger partial charge in [0, 0.05) is 24.2 Å². The zero-order chi connectivity index (χ0) is 37.4. The Kier molecular flexibility index (Phi) is 11.0. The van der Waals surface area contributed by atoms with Crippen molar-refractivity contribution in [3.8, 4) is 11.5 Å². The number of halogens is 2. The Morgan fingerprint density at radius 3 is 2.51 bits per heavy atom.